The Balaban J connectivity index is 1.89. The average Bonchev–Trinajstić information content (AvgIpc) is 3.19. The number of nitrogens with one attached hydrogen (secondary N) is 1. The molecule has 2 aromatic heterocycles. The molecule has 0 spiro atoms. The standard InChI is InChI=1S/C22H15BrClN3O4S/c1-2-31-22(30)18-15-11-32-20(25-19(28)14-5-3-4-6-16(14)23)17(15)21(29)27(26-18)13-9-7-12(24)8-10-13/h3-11H,2H2,1H3,(H,25,28). The second-order valence-electron chi connectivity index (χ2n) is 6.55. The molecule has 4 rings (SSSR count). The topological polar surface area (TPSA) is 90.3 Å². The number of hydrogen-bond donors (Lipinski definition) is 1. The highest BCUT2D eigenvalue weighted by molar-refractivity contribution is 9.10. The molecule has 1 N–H and O–H groups in total. The van der Waals surface area contributed by atoms with Crippen molar-refractivity contribution in [2.45, 2.75) is 6.92 Å². The van der Waals surface area contributed by atoms with Gasteiger partial charge >= 0.3 is 5.97 Å². The Bertz CT molecular complexity index is 1400. The van der Waals surface area contributed by atoms with Crippen LogP contribution in [0.15, 0.2) is 63.2 Å². The van der Waals surface area contributed by atoms with Crippen LogP contribution in [0.4, 0.5) is 5.00 Å². The summed E-state index contributed by atoms with van der Waals surface area (Å²) in [7, 11) is 0. The molecule has 7 nitrogen and oxygen atoms in total. The molecule has 2 aromatic carbocycles. The lowest BCUT2D eigenvalue weighted by molar-refractivity contribution is 0.0520. The van der Waals surface area contributed by atoms with Gasteiger partial charge in [0.1, 0.15) is 5.00 Å². The Kier molecular flexibility index (Phi) is 6.40. The van der Waals surface area contributed by atoms with Gasteiger partial charge in [-0.2, -0.15) is 9.78 Å². The molecule has 0 aliphatic carbocycles. The van der Waals surface area contributed by atoms with E-state index in [-0.39, 0.29) is 17.7 Å². The number of halogens is 2. The van der Waals surface area contributed by atoms with Crippen LogP contribution in [-0.2, 0) is 4.74 Å². The van der Waals surface area contributed by atoms with Crippen LogP contribution in [0.25, 0.3) is 16.5 Å². The fraction of sp³-hybridized carbons (Fsp3) is 0.0909. The summed E-state index contributed by atoms with van der Waals surface area (Å²) in [6, 6.07) is 13.4. The number of nitrogens with zero attached hydrogens (tertiary/aromatic N) is 2. The van der Waals surface area contributed by atoms with E-state index in [4.69, 9.17) is 16.3 Å². The smallest absolute Gasteiger partial charge is 0.359 e. The Morgan fingerprint density at radius 1 is 1.19 bits per heavy atom. The molecule has 10 heteroatoms. The fourth-order valence-electron chi connectivity index (χ4n) is 3.07. The molecule has 0 radical (unpaired) electrons. The van der Waals surface area contributed by atoms with Crippen molar-refractivity contribution in [2.75, 3.05) is 11.9 Å². The summed E-state index contributed by atoms with van der Waals surface area (Å²) >= 11 is 10.4. The lowest BCUT2D eigenvalue weighted by atomic mass is 10.2. The monoisotopic (exact) mass is 531 g/mol. The van der Waals surface area contributed by atoms with E-state index in [1.54, 1.807) is 60.8 Å². The van der Waals surface area contributed by atoms with Crippen molar-refractivity contribution in [3.05, 3.63) is 85.0 Å². The van der Waals surface area contributed by atoms with E-state index in [2.05, 4.69) is 26.3 Å². The van der Waals surface area contributed by atoms with Crippen LogP contribution >= 0.6 is 38.9 Å². The van der Waals surface area contributed by atoms with Gasteiger partial charge < -0.3 is 10.1 Å². The van der Waals surface area contributed by atoms with Crippen molar-refractivity contribution in [1.82, 2.24) is 9.78 Å². The fourth-order valence-corrected chi connectivity index (χ4v) is 4.59. The maximum atomic E-state index is 13.4. The molecule has 0 fully saturated rings. The minimum absolute atomic E-state index is 0.0194. The van der Waals surface area contributed by atoms with Crippen LogP contribution in [0.5, 0.6) is 0 Å². The zero-order valence-electron chi connectivity index (χ0n) is 16.6. The molecular formula is C22H15BrClN3O4S. The zero-order valence-corrected chi connectivity index (χ0v) is 19.8. The maximum absolute atomic E-state index is 13.4. The second-order valence-corrected chi connectivity index (χ2v) is 8.72. The zero-order chi connectivity index (χ0) is 22.8. The molecule has 0 bridgehead atoms. The minimum atomic E-state index is -0.665. The van der Waals surface area contributed by atoms with Gasteiger partial charge in [-0.05, 0) is 59.3 Å². The number of aromatic nitrogens is 2. The first-order valence-corrected chi connectivity index (χ1v) is 11.5. The number of ether oxygens (including phenoxy) is 1. The summed E-state index contributed by atoms with van der Waals surface area (Å²) in [5, 5.41) is 9.93. The molecule has 0 saturated carbocycles. The normalized spacial score (nSPS) is 10.8. The van der Waals surface area contributed by atoms with Gasteiger partial charge in [0.15, 0.2) is 5.69 Å². The Morgan fingerprint density at radius 3 is 2.59 bits per heavy atom. The van der Waals surface area contributed by atoms with E-state index in [1.165, 1.54) is 0 Å². The van der Waals surface area contributed by atoms with E-state index < -0.39 is 17.4 Å². The highest BCUT2D eigenvalue weighted by atomic mass is 79.9. The molecule has 0 aliphatic rings. The maximum Gasteiger partial charge on any atom is 0.359 e. The summed E-state index contributed by atoms with van der Waals surface area (Å²) in [4.78, 5) is 38.8. The van der Waals surface area contributed by atoms with Gasteiger partial charge in [-0.15, -0.1) is 11.3 Å². The number of carbonyl (C=O) groups is 2. The third kappa shape index (κ3) is 4.19. The van der Waals surface area contributed by atoms with Crippen molar-refractivity contribution in [3.63, 3.8) is 0 Å². The average molecular weight is 533 g/mol. The molecule has 2 heterocycles. The summed E-state index contributed by atoms with van der Waals surface area (Å²) in [5.41, 5.74) is 0.320. The van der Waals surface area contributed by atoms with Crippen molar-refractivity contribution in [2.24, 2.45) is 0 Å². The number of rotatable bonds is 5. The van der Waals surface area contributed by atoms with Crippen molar-refractivity contribution >= 4 is 66.5 Å². The van der Waals surface area contributed by atoms with Crippen LogP contribution in [0.1, 0.15) is 27.8 Å². The molecule has 0 unspecified atom stereocenters. The van der Waals surface area contributed by atoms with Gasteiger partial charge in [-0.1, -0.05) is 23.7 Å². The molecule has 4 aromatic rings. The number of thiophene rings is 1. The SMILES string of the molecule is CCOC(=O)c1nn(-c2ccc(Cl)cc2)c(=O)c2c(NC(=O)c3ccccc3Br)scc12. The third-order valence-corrected chi connectivity index (χ3v) is 6.38. The first-order valence-electron chi connectivity index (χ1n) is 9.44. The van der Waals surface area contributed by atoms with Crippen molar-refractivity contribution in [1.29, 1.82) is 0 Å². The van der Waals surface area contributed by atoms with Crippen LogP contribution in [0, 0.1) is 0 Å². The number of carbonyl (C=O) groups excluding carboxylic acids is 2. The van der Waals surface area contributed by atoms with Gasteiger partial charge in [0.2, 0.25) is 0 Å². The summed E-state index contributed by atoms with van der Waals surface area (Å²) < 4.78 is 6.85. The summed E-state index contributed by atoms with van der Waals surface area (Å²) in [6.07, 6.45) is 0. The predicted molar refractivity (Wildman–Crippen MR) is 128 cm³/mol. The lowest BCUT2D eigenvalue weighted by Gasteiger charge is -2.10. The molecule has 1 amide bonds. The van der Waals surface area contributed by atoms with Gasteiger partial charge in [0.25, 0.3) is 11.5 Å². The second kappa shape index (κ2) is 9.23. The Labute approximate surface area is 199 Å². The van der Waals surface area contributed by atoms with Gasteiger partial charge in [-0.3, -0.25) is 9.59 Å². The van der Waals surface area contributed by atoms with Gasteiger partial charge in [0.05, 0.1) is 23.2 Å². The van der Waals surface area contributed by atoms with E-state index in [1.807, 2.05) is 0 Å². The number of esters is 1. The van der Waals surface area contributed by atoms with Crippen LogP contribution < -0.4 is 10.9 Å². The van der Waals surface area contributed by atoms with Crippen LogP contribution in [-0.4, -0.2) is 28.3 Å². The lowest BCUT2D eigenvalue weighted by Crippen LogP contribution is -2.25. The molecule has 32 heavy (non-hydrogen) atoms. The van der Waals surface area contributed by atoms with Gasteiger partial charge in [0, 0.05) is 20.3 Å². The quantitative estimate of drug-likeness (QED) is 0.353. The highest BCUT2D eigenvalue weighted by Gasteiger charge is 2.23. The van der Waals surface area contributed by atoms with E-state index in [0.29, 0.717) is 31.1 Å². The third-order valence-electron chi connectivity index (χ3n) is 4.54. The van der Waals surface area contributed by atoms with E-state index in [9.17, 15) is 14.4 Å². The summed E-state index contributed by atoms with van der Waals surface area (Å²) in [6.45, 7) is 1.83. The van der Waals surface area contributed by atoms with Gasteiger partial charge in [-0.25, -0.2) is 4.79 Å². The molecule has 0 saturated heterocycles. The predicted octanol–water partition coefficient (Wildman–Crippen LogP) is 5.29. The first-order chi connectivity index (χ1) is 15.4. The largest absolute Gasteiger partial charge is 0.461 e. The van der Waals surface area contributed by atoms with Crippen LogP contribution in [0.2, 0.25) is 5.02 Å². The van der Waals surface area contributed by atoms with E-state index >= 15 is 0 Å². The molecule has 0 aliphatic heterocycles. The number of benzene rings is 2. The van der Waals surface area contributed by atoms with Crippen LogP contribution in [0.3, 0.4) is 0 Å². The minimum Gasteiger partial charge on any atom is -0.461 e. The Hall–Kier alpha value is -3.01. The number of fused-ring (bicyclic) bond motifs is 1. The van der Waals surface area contributed by atoms with Crippen molar-refractivity contribution < 1.29 is 14.3 Å². The number of anilines is 1. The van der Waals surface area contributed by atoms with E-state index in [0.717, 1.165) is 16.0 Å². The van der Waals surface area contributed by atoms with Crippen molar-refractivity contribution in [3.8, 4) is 5.69 Å². The molecule has 0 atom stereocenters. The number of amides is 1. The first kappa shape index (κ1) is 22.2. The molecular weight excluding hydrogens is 518 g/mol. The highest BCUT2D eigenvalue weighted by Crippen LogP contribution is 2.31. The molecule has 162 valence electrons. The Morgan fingerprint density at radius 2 is 1.91 bits per heavy atom. The summed E-state index contributed by atoms with van der Waals surface area (Å²) in [5.74, 6) is -1.06. The number of hydrogen-bond acceptors (Lipinski definition) is 6.